The topological polar surface area (TPSA) is 110 Å². The van der Waals surface area contributed by atoms with Gasteiger partial charge in [-0.1, -0.05) is 0 Å². The third kappa shape index (κ3) is 4.46. The van der Waals surface area contributed by atoms with Crippen molar-refractivity contribution >= 4 is 23.2 Å². The molecule has 0 aliphatic heterocycles. The lowest BCUT2D eigenvalue weighted by molar-refractivity contribution is -0.118. The Morgan fingerprint density at radius 1 is 1.30 bits per heavy atom. The third-order valence-corrected chi connectivity index (χ3v) is 2.74. The van der Waals surface area contributed by atoms with Gasteiger partial charge in [0.05, 0.1) is 11.4 Å². The van der Waals surface area contributed by atoms with E-state index >= 15 is 0 Å². The predicted octanol–water partition coefficient (Wildman–Crippen LogP) is 1.08. The molecule has 0 radical (unpaired) electrons. The Balaban J connectivity index is 2.97. The van der Waals surface area contributed by atoms with E-state index in [2.05, 4.69) is 10.6 Å². The van der Waals surface area contributed by atoms with E-state index in [0.717, 1.165) is 0 Å². The van der Waals surface area contributed by atoms with Crippen molar-refractivity contribution in [3.8, 4) is 0 Å². The predicted molar refractivity (Wildman–Crippen MR) is 80.4 cm³/mol. The van der Waals surface area contributed by atoms with Crippen LogP contribution in [0, 0.1) is 0 Å². The molecule has 0 unspecified atom stereocenters. The molecule has 0 bridgehead atoms. The number of anilines is 2. The van der Waals surface area contributed by atoms with Crippen LogP contribution >= 0.6 is 0 Å². The molecule has 0 saturated carbocycles. The molecule has 1 rings (SSSR count). The number of hydrogen-bond acceptors (Lipinski definition) is 4. The summed E-state index contributed by atoms with van der Waals surface area (Å²) < 4.78 is 0. The second-order valence-corrected chi connectivity index (χ2v) is 5.31. The molecule has 0 aliphatic carbocycles. The fourth-order valence-corrected chi connectivity index (χ4v) is 1.91. The largest absolute Gasteiger partial charge is 0.397 e. The van der Waals surface area contributed by atoms with Gasteiger partial charge in [0.15, 0.2) is 0 Å². The second-order valence-electron chi connectivity index (χ2n) is 5.31. The molecule has 0 saturated heterocycles. The zero-order chi connectivity index (χ0) is 15.3. The number of hydrogen-bond donors (Lipinski definition) is 4. The molecule has 0 atom stereocenters. The van der Waals surface area contributed by atoms with Crippen molar-refractivity contribution < 1.29 is 9.59 Å². The Bertz CT molecular complexity index is 512. The van der Waals surface area contributed by atoms with Crippen LogP contribution in [0.3, 0.4) is 0 Å². The zero-order valence-corrected chi connectivity index (χ0v) is 12.1. The van der Waals surface area contributed by atoms with Crippen LogP contribution in [0.2, 0.25) is 0 Å². The summed E-state index contributed by atoms with van der Waals surface area (Å²) >= 11 is 0. The lowest BCUT2D eigenvalue weighted by Gasteiger charge is -2.27. The summed E-state index contributed by atoms with van der Waals surface area (Å²) in [4.78, 5) is 22.8. The standard InChI is InChI=1S/C14H22N4O2/c1-4-17-13(20)9-5-6-10(15)11(7-9)18-14(2,3)8-12(16)19/h5-7,18H,4,8,15H2,1-3H3,(H2,16,19)(H,17,20). The van der Waals surface area contributed by atoms with Crippen LogP contribution in [-0.2, 0) is 4.79 Å². The minimum absolute atomic E-state index is 0.164. The number of benzene rings is 1. The van der Waals surface area contributed by atoms with Gasteiger partial charge in [0, 0.05) is 24.1 Å². The van der Waals surface area contributed by atoms with E-state index in [1.807, 2.05) is 20.8 Å². The SMILES string of the molecule is CCNC(=O)c1ccc(N)c(NC(C)(C)CC(N)=O)c1. The Morgan fingerprint density at radius 3 is 2.50 bits per heavy atom. The highest BCUT2D eigenvalue weighted by atomic mass is 16.2. The number of primary amides is 1. The van der Waals surface area contributed by atoms with E-state index in [1.165, 1.54) is 0 Å². The summed E-state index contributed by atoms with van der Waals surface area (Å²) in [6, 6.07) is 4.99. The number of nitrogen functional groups attached to an aromatic ring is 1. The molecule has 0 aliphatic rings. The first-order valence-corrected chi connectivity index (χ1v) is 6.49. The molecule has 0 fully saturated rings. The number of nitrogens with one attached hydrogen (secondary N) is 2. The van der Waals surface area contributed by atoms with E-state index in [-0.39, 0.29) is 12.3 Å². The number of amides is 2. The van der Waals surface area contributed by atoms with Crippen LogP contribution in [0.25, 0.3) is 0 Å². The summed E-state index contributed by atoms with van der Waals surface area (Å²) in [5, 5.41) is 5.87. The maximum Gasteiger partial charge on any atom is 0.251 e. The van der Waals surface area contributed by atoms with Gasteiger partial charge < -0.3 is 22.1 Å². The first kappa shape index (κ1) is 15.8. The molecule has 110 valence electrons. The molecule has 2 amide bonds. The molecule has 6 heteroatoms. The Labute approximate surface area is 118 Å². The molecular weight excluding hydrogens is 256 g/mol. The molecule has 6 N–H and O–H groups in total. The number of rotatable bonds is 6. The van der Waals surface area contributed by atoms with E-state index in [4.69, 9.17) is 11.5 Å². The van der Waals surface area contributed by atoms with Crippen molar-refractivity contribution in [2.45, 2.75) is 32.7 Å². The molecule has 1 aromatic rings. The van der Waals surface area contributed by atoms with Crippen molar-refractivity contribution in [1.82, 2.24) is 5.32 Å². The van der Waals surface area contributed by atoms with E-state index < -0.39 is 11.4 Å². The van der Waals surface area contributed by atoms with Crippen molar-refractivity contribution in [2.75, 3.05) is 17.6 Å². The normalized spacial score (nSPS) is 10.9. The van der Waals surface area contributed by atoms with Crippen LogP contribution < -0.4 is 22.1 Å². The zero-order valence-electron chi connectivity index (χ0n) is 12.1. The van der Waals surface area contributed by atoms with Gasteiger partial charge in [-0.3, -0.25) is 9.59 Å². The van der Waals surface area contributed by atoms with Gasteiger partial charge in [0.1, 0.15) is 0 Å². The fourth-order valence-electron chi connectivity index (χ4n) is 1.91. The van der Waals surface area contributed by atoms with E-state index in [9.17, 15) is 9.59 Å². The summed E-state index contributed by atoms with van der Waals surface area (Å²) in [6.07, 6.45) is 0.165. The average molecular weight is 278 g/mol. The lowest BCUT2D eigenvalue weighted by Crippen LogP contribution is -2.36. The highest BCUT2D eigenvalue weighted by Crippen LogP contribution is 2.25. The first-order chi connectivity index (χ1) is 9.25. The molecule has 1 aromatic carbocycles. The van der Waals surface area contributed by atoms with Gasteiger partial charge in [-0.05, 0) is 39.0 Å². The summed E-state index contributed by atoms with van der Waals surface area (Å²) in [7, 11) is 0. The lowest BCUT2D eigenvalue weighted by atomic mass is 9.99. The number of carbonyl (C=O) groups is 2. The number of carbonyl (C=O) groups excluding carboxylic acids is 2. The Morgan fingerprint density at radius 2 is 1.95 bits per heavy atom. The van der Waals surface area contributed by atoms with E-state index in [0.29, 0.717) is 23.5 Å². The smallest absolute Gasteiger partial charge is 0.251 e. The van der Waals surface area contributed by atoms with Crippen LogP contribution in [0.15, 0.2) is 18.2 Å². The Hall–Kier alpha value is -2.24. The van der Waals surface area contributed by atoms with Crippen LogP contribution in [-0.4, -0.2) is 23.9 Å². The van der Waals surface area contributed by atoms with Gasteiger partial charge >= 0.3 is 0 Å². The highest BCUT2D eigenvalue weighted by molar-refractivity contribution is 5.96. The molecule has 20 heavy (non-hydrogen) atoms. The maximum atomic E-state index is 11.8. The second kappa shape index (κ2) is 6.27. The van der Waals surface area contributed by atoms with Gasteiger partial charge in [-0.2, -0.15) is 0 Å². The van der Waals surface area contributed by atoms with Crippen LogP contribution in [0.5, 0.6) is 0 Å². The maximum absolute atomic E-state index is 11.8. The highest BCUT2D eigenvalue weighted by Gasteiger charge is 2.21. The van der Waals surface area contributed by atoms with E-state index in [1.54, 1.807) is 18.2 Å². The molecule has 6 nitrogen and oxygen atoms in total. The van der Waals surface area contributed by atoms with Gasteiger partial charge in [0.2, 0.25) is 5.91 Å². The number of nitrogens with two attached hydrogens (primary N) is 2. The quantitative estimate of drug-likeness (QED) is 0.584. The average Bonchev–Trinajstić information content (AvgIpc) is 2.30. The van der Waals surface area contributed by atoms with Crippen molar-refractivity contribution in [3.05, 3.63) is 23.8 Å². The van der Waals surface area contributed by atoms with Crippen LogP contribution in [0.4, 0.5) is 11.4 Å². The van der Waals surface area contributed by atoms with Crippen molar-refractivity contribution in [1.29, 1.82) is 0 Å². The first-order valence-electron chi connectivity index (χ1n) is 6.49. The summed E-state index contributed by atoms with van der Waals surface area (Å²) in [6.45, 7) is 6.09. The molecule has 0 aromatic heterocycles. The molecular formula is C14H22N4O2. The minimum Gasteiger partial charge on any atom is -0.397 e. The van der Waals surface area contributed by atoms with Gasteiger partial charge in [0.25, 0.3) is 5.91 Å². The van der Waals surface area contributed by atoms with Gasteiger partial charge in [-0.25, -0.2) is 0 Å². The fraction of sp³-hybridized carbons (Fsp3) is 0.429. The minimum atomic E-state index is -0.542. The summed E-state index contributed by atoms with van der Waals surface area (Å²) in [5.74, 6) is -0.566. The third-order valence-electron chi connectivity index (χ3n) is 2.74. The molecule has 0 heterocycles. The van der Waals surface area contributed by atoms with Gasteiger partial charge in [-0.15, -0.1) is 0 Å². The monoisotopic (exact) mass is 278 g/mol. The van der Waals surface area contributed by atoms with Crippen molar-refractivity contribution in [2.24, 2.45) is 5.73 Å². The summed E-state index contributed by atoms with van der Waals surface area (Å²) in [5.41, 5.74) is 12.2. The Kier molecular flexibility index (Phi) is 4.96. The van der Waals surface area contributed by atoms with Crippen molar-refractivity contribution in [3.63, 3.8) is 0 Å². The molecule has 0 spiro atoms. The van der Waals surface area contributed by atoms with Crippen LogP contribution in [0.1, 0.15) is 37.6 Å².